The molecule has 0 saturated heterocycles. The largest absolute Gasteiger partial charge is 0.496 e. The third-order valence-electron chi connectivity index (χ3n) is 3.44. The zero-order valence-electron chi connectivity index (χ0n) is 13.8. The van der Waals surface area contributed by atoms with Crippen molar-refractivity contribution in [2.75, 3.05) is 19.0 Å². The van der Waals surface area contributed by atoms with Crippen molar-refractivity contribution in [3.8, 4) is 11.8 Å². The van der Waals surface area contributed by atoms with Crippen molar-refractivity contribution < 1.29 is 13.9 Å². The Morgan fingerprint density at radius 2 is 1.96 bits per heavy atom. The van der Waals surface area contributed by atoms with Crippen molar-refractivity contribution >= 4 is 11.6 Å². The molecule has 6 heteroatoms. The molecule has 0 spiro atoms. The molecule has 5 nitrogen and oxygen atoms in total. The minimum absolute atomic E-state index is 0.0654. The van der Waals surface area contributed by atoms with Crippen LogP contribution in [0.5, 0.6) is 5.75 Å². The van der Waals surface area contributed by atoms with E-state index in [9.17, 15) is 9.18 Å². The Kier molecular flexibility index (Phi) is 6.55. The van der Waals surface area contributed by atoms with Crippen molar-refractivity contribution in [3.05, 3.63) is 71.7 Å². The number of amides is 1. The van der Waals surface area contributed by atoms with Crippen LogP contribution in [0, 0.1) is 17.1 Å². The van der Waals surface area contributed by atoms with Gasteiger partial charge in [0.2, 0.25) is 0 Å². The molecule has 0 fully saturated rings. The highest BCUT2D eigenvalue weighted by Gasteiger charge is 2.09. The van der Waals surface area contributed by atoms with Gasteiger partial charge in [-0.05, 0) is 42.3 Å². The van der Waals surface area contributed by atoms with Crippen LogP contribution in [0.4, 0.5) is 10.1 Å². The number of nitrogens with one attached hydrogen (secondary N) is 2. The first-order chi connectivity index (χ1) is 12.1. The molecule has 25 heavy (non-hydrogen) atoms. The van der Waals surface area contributed by atoms with Crippen LogP contribution in [0.15, 0.2) is 60.3 Å². The number of anilines is 1. The van der Waals surface area contributed by atoms with Crippen molar-refractivity contribution in [2.24, 2.45) is 0 Å². The van der Waals surface area contributed by atoms with Gasteiger partial charge in [-0.15, -0.1) is 0 Å². The second kappa shape index (κ2) is 9.08. The molecular formula is C19H18FN3O2. The van der Waals surface area contributed by atoms with E-state index in [1.165, 1.54) is 30.5 Å². The molecular weight excluding hydrogens is 321 g/mol. The summed E-state index contributed by atoms with van der Waals surface area (Å²) in [5.74, 6) is -0.159. The van der Waals surface area contributed by atoms with Crippen LogP contribution in [0.2, 0.25) is 0 Å². The molecule has 0 atom stereocenters. The minimum atomic E-state index is -0.557. The van der Waals surface area contributed by atoms with E-state index in [1.807, 2.05) is 30.3 Å². The van der Waals surface area contributed by atoms with E-state index < -0.39 is 11.7 Å². The van der Waals surface area contributed by atoms with Crippen LogP contribution in [0.1, 0.15) is 5.56 Å². The molecule has 0 unspecified atom stereocenters. The van der Waals surface area contributed by atoms with Crippen molar-refractivity contribution in [3.63, 3.8) is 0 Å². The van der Waals surface area contributed by atoms with Gasteiger partial charge in [0.1, 0.15) is 23.2 Å². The molecule has 0 radical (unpaired) electrons. The number of halogens is 1. The lowest BCUT2D eigenvalue weighted by Crippen LogP contribution is -2.18. The zero-order chi connectivity index (χ0) is 18.1. The van der Waals surface area contributed by atoms with Crippen LogP contribution < -0.4 is 15.4 Å². The van der Waals surface area contributed by atoms with Gasteiger partial charge in [-0.25, -0.2) is 4.39 Å². The summed E-state index contributed by atoms with van der Waals surface area (Å²) in [7, 11) is 1.61. The van der Waals surface area contributed by atoms with E-state index in [2.05, 4.69) is 10.6 Å². The predicted octanol–water partition coefficient (Wildman–Crippen LogP) is 3.01. The Morgan fingerprint density at radius 1 is 1.24 bits per heavy atom. The summed E-state index contributed by atoms with van der Waals surface area (Å²) >= 11 is 0. The maximum absolute atomic E-state index is 12.9. The van der Waals surface area contributed by atoms with Gasteiger partial charge in [0.15, 0.2) is 0 Å². The molecule has 1 amide bonds. The van der Waals surface area contributed by atoms with Crippen molar-refractivity contribution in [1.82, 2.24) is 5.32 Å². The standard InChI is InChI=1S/C19H18FN3O2/c1-25-18-5-3-2-4-14(18)10-11-22-13-15(12-21)19(24)23-17-8-6-16(20)7-9-17/h2-9,13,22H,10-11H2,1H3,(H,23,24)/b15-13-. The number of hydrogen-bond acceptors (Lipinski definition) is 4. The number of rotatable bonds is 7. The van der Waals surface area contributed by atoms with Crippen molar-refractivity contribution in [2.45, 2.75) is 6.42 Å². The van der Waals surface area contributed by atoms with Gasteiger partial charge >= 0.3 is 0 Å². The summed E-state index contributed by atoms with van der Waals surface area (Å²) in [5.41, 5.74) is 1.38. The summed E-state index contributed by atoms with van der Waals surface area (Å²) in [6, 6.07) is 14.8. The molecule has 0 heterocycles. The number of benzene rings is 2. The molecule has 2 rings (SSSR count). The molecule has 0 aliphatic carbocycles. The highest BCUT2D eigenvalue weighted by Crippen LogP contribution is 2.17. The number of ether oxygens (including phenoxy) is 1. The molecule has 0 aliphatic rings. The predicted molar refractivity (Wildman–Crippen MR) is 93.4 cm³/mol. The van der Waals surface area contributed by atoms with Crippen LogP contribution in [-0.2, 0) is 11.2 Å². The number of hydrogen-bond donors (Lipinski definition) is 2. The van der Waals surface area contributed by atoms with E-state index in [0.717, 1.165) is 11.3 Å². The molecule has 0 aromatic heterocycles. The quantitative estimate of drug-likeness (QED) is 0.462. The lowest BCUT2D eigenvalue weighted by molar-refractivity contribution is -0.112. The molecule has 2 aromatic carbocycles. The summed E-state index contributed by atoms with van der Waals surface area (Å²) in [6.07, 6.45) is 2.05. The van der Waals surface area contributed by atoms with Crippen LogP contribution >= 0.6 is 0 Å². The highest BCUT2D eigenvalue weighted by molar-refractivity contribution is 6.06. The van der Waals surface area contributed by atoms with Crippen LogP contribution in [-0.4, -0.2) is 19.6 Å². The number of carbonyl (C=O) groups excluding carboxylic acids is 1. The SMILES string of the molecule is COc1ccccc1CCN/C=C(/C#N)C(=O)Nc1ccc(F)cc1. The average molecular weight is 339 g/mol. The molecule has 2 N–H and O–H groups in total. The van der Waals surface area contributed by atoms with E-state index in [0.29, 0.717) is 18.7 Å². The zero-order valence-corrected chi connectivity index (χ0v) is 13.8. The maximum atomic E-state index is 12.9. The number of nitriles is 1. The first kappa shape index (κ1) is 18.0. The average Bonchev–Trinajstić information content (AvgIpc) is 2.64. The Balaban J connectivity index is 1.90. The third kappa shape index (κ3) is 5.36. The second-order valence-corrected chi connectivity index (χ2v) is 5.15. The first-order valence-corrected chi connectivity index (χ1v) is 7.66. The van der Waals surface area contributed by atoms with Gasteiger partial charge in [-0.3, -0.25) is 4.79 Å². The summed E-state index contributed by atoms with van der Waals surface area (Å²) < 4.78 is 18.1. The lowest BCUT2D eigenvalue weighted by atomic mass is 10.1. The number of carbonyl (C=O) groups is 1. The molecule has 0 saturated carbocycles. The molecule has 0 bridgehead atoms. The fourth-order valence-corrected chi connectivity index (χ4v) is 2.17. The number of nitrogens with zero attached hydrogens (tertiary/aromatic N) is 1. The summed E-state index contributed by atoms with van der Waals surface area (Å²) in [6.45, 7) is 0.537. The molecule has 0 aliphatic heterocycles. The first-order valence-electron chi connectivity index (χ1n) is 7.66. The van der Waals surface area contributed by atoms with Crippen LogP contribution in [0.3, 0.4) is 0 Å². The number of methoxy groups -OCH3 is 1. The third-order valence-corrected chi connectivity index (χ3v) is 3.44. The van der Waals surface area contributed by atoms with Gasteiger partial charge in [-0.2, -0.15) is 5.26 Å². The molecule has 128 valence electrons. The Hall–Kier alpha value is -3.33. The van der Waals surface area contributed by atoms with Gasteiger partial charge in [0.05, 0.1) is 7.11 Å². The Morgan fingerprint density at radius 3 is 2.64 bits per heavy atom. The fourth-order valence-electron chi connectivity index (χ4n) is 2.17. The lowest BCUT2D eigenvalue weighted by Gasteiger charge is -2.08. The normalized spacial score (nSPS) is 10.7. The smallest absolute Gasteiger partial charge is 0.267 e. The number of para-hydroxylation sites is 1. The summed E-state index contributed by atoms with van der Waals surface area (Å²) in [5, 5.41) is 14.6. The van der Waals surface area contributed by atoms with E-state index >= 15 is 0 Å². The molecule has 2 aromatic rings. The minimum Gasteiger partial charge on any atom is -0.496 e. The monoisotopic (exact) mass is 339 g/mol. The Bertz CT molecular complexity index is 795. The van der Waals surface area contributed by atoms with E-state index in [1.54, 1.807) is 7.11 Å². The van der Waals surface area contributed by atoms with Crippen molar-refractivity contribution in [1.29, 1.82) is 5.26 Å². The van der Waals surface area contributed by atoms with E-state index in [-0.39, 0.29) is 5.57 Å². The second-order valence-electron chi connectivity index (χ2n) is 5.15. The highest BCUT2D eigenvalue weighted by atomic mass is 19.1. The van der Waals surface area contributed by atoms with Gasteiger partial charge in [0, 0.05) is 18.4 Å². The topological polar surface area (TPSA) is 74.1 Å². The maximum Gasteiger partial charge on any atom is 0.267 e. The fraction of sp³-hybridized carbons (Fsp3) is 0.158. The summed E-state index contributed by atoms with van der Waals surface area (Å²) in [4.78, 5) is 12.0. The van der Waals surface area contributed by atoms with Gasteiger partial charge in [-0.1, -0.05) is 18.2 Å². The Labute approximate surface area is 145 Å². The van der Waals surface area contributed by atoms with Gasteiger partial charge in [0.25, 0.3) is 5.91 Å². The van der Waals surface area contributed by atoms with Crippen LogP contribution in [0.25, 0.3) is 0 Å². The van der Waals surface area contributed by atoms with Gasteiger partial charge < -0.3 is 15.4 Å². The van der Waals surface area contributed by atoms with E-state index in [4.69, 9.17) is 10.00 Å².